The van der Waals surface area contributed by atoms with Gasteiger partial charge < -0.3 is 4.74 Å². The Balaban J connectivity index is 1.53. The fourth-order valence-electron chi connectivity index (χ4n) is 9.29. The van der Waals surface area contributed by atoms with Crippen LogP contribution < -0.4 is 0 Å². The third-order valence-corrected chi connectivity index (χ3v) is 14.5. The number of hydrogen-bond acceptors (Lipinski definition) is 2. The van der Waals surface area contributed by atoms with Gasteiger partial charge in [-0.1, -0.05) is 64.3 Å². The van der Waals surface area contributed by atoms with Crippen LogP contribution in [0.5, 0.6) is 0 Å². The minimum absolute atomic E-state index is 0.0168. The molecule has 0 aromatic heterocycles. The molecule has 0 aliphatic heterocycles. The first-order valence-electron chi connectivity index (χ1n) is 13.6. The molecule has 0 radical (unpaired) electrons. The maximum absolute atomic E-state index is 11.7. The summed E-state index contributed by atoms with van der Waals surface area (Å²) < 4.78 is 5.73. The molecule has 4 fully saturated rings. The highest BCUT2D eigenvalue weighted by atomic mass is 79.9. The molecule has 0 bridgehead atoms. The Hall–Kier alpha value is 0.170. The van der Waals surface area contributed by atoms with Crippen LogP contribution in [0.4, 0.5) is 0 Å². The van der Waals surface area contributed by atoms with Crippen LogP contribution in [0.1, 0.15) is 106 Å². The van der Waals surface area contributed by atoms with E-state index in [-0.39, 0.29) is 21.8 Å². The van der Waals surface area contributed by atoms with E-state index >= 15 is 0 Å². The Kier molecular flexibility index (Phi) is 7.60. The lowest BCUT2D eigenvalue weighted by Gasteiger charge is -2.66. The molecule has 33 heavy (non-hydrogen) atoms. The Morgan fingerprint density at radius 3 is 2.48 bits per heavy atom. The molecule has 188 valence electrons. The second-order valence-electron chi connectivity index (χ2n) is 12.9. The molecule has 0 N–H and O–H groups in total. The van der Waals surface area contributed by atoms with Gasteiger partial charge in [-0.2, -0.15) is 0 Å². The van der Waals surface area contributed by atoms with Gasteiger partial charge in [0.1, 0.15) is 6.10 Å². The molecule has 4 heteroatoms. The number of rotatable bonds is 5. The third-order valence-electron chi connectivity index (χ3n) is 11.0. The van der Waals surface area contributed by atoms with Gasteiger partial charge in [-0.05, 0) is 112 Å². The van der Waals surface area contributed by atoms with Gasteiger partial charge in [0.05, 0.1) is 0 Å². The molecule has 10 atom stereocenters. The molecule has 4 aliphatic carbocycles. The molecule has 0 amide bonds. The van der Waals surface area contributed by atoms with E-state index in [0.29, 0.717) is 10.2 Å². The van der Waals surface area contributed by atoms with Gasteiger partial charge in [-0.15, -0.1) is 0 Å². The number of carbonyl (C=O) groups is 1. The second-order valence-corrected chi connectivity index (χ2v) is 15.4. The zero-order valence-corrected chi connectivity index (χ0v) is 24.9. The Labute approximate surface area is 219 Å². The standard InChI is InChI=1S/C29H46Br2O2/c1-18(2)8-7-9-19(3)23-10-11-24-22-16-26(30)29(31)17-21(33-20(4)32)12-15-28(29,6)25(22)13-14-27(23,24)5/h8,19,21-26H,7,9-17H2,1-6H3/t19-,21+,22+,23-,24+,25+,26-,27-,28-,29+/m1/s1. The van der Waals surface area contributed by atoms with E-state index in [1.165, 1.54) is 50.5 Å². The highest BCUT2D eigenvalue weighted by Crippen LogP contribution is 2.71. The molecule has 0 unspecified atom stereocenters. The van der Waals surface area contributed by atoms with E-state index in [1.807, 2.05) is 0 Å². The highest BCUT2D eigenvalue weighted by molar-refractivity contribution is 9.12. The third kappa shape index (κ3) is 4.44. The summed E-state index contributed by atoms with van der Waals surface area (Å²) in [5, 5.41) is 0. The Morgan fingerprint density at radius 1 is 1.09 bits per heavy atom. The minimum Gasteiger partial charge on any atom is -0.463 e. The van der Waals surface area contributed by atoms with Crippen molar-refractivity contribution >= 4 is 37.8 Å². The van der Waals surface area contributed by atoms with Crippen LogP contribution in [-0.4, -0.2) is 21.2 Å². The van der Waals surface area contributed by atoms with Crippen LogP contribution >= 0.6 is 31.9 Å². The summed E-state index contributed by atoms with van der Waals surface area (Å²) in [7, 11) is 0. The maximum atomic E-state index is 11.7. The van der Waals surface area contributed by atoms with Crippen molar-refractivity contribution in [1.82, 2.24) is 0 Å². The number of carbonyl (C=O) groups excluding carboxylic acids is 1. The normalized spacial score (nSPS) is 47.6. The number of hydrogen-bond donors (Lipinski definition) is 0. The van der Waals surface area contributed by atoms with Gasteiger partial charge >= 0.3 is 5.97 Å². The fourth-order valence-corrected chi connectivity index (χ4v) is 11.5. The molecule has 0 heterocycles. The van der Waals surface area contributed by atoms with Gasteiger partial charge in [0.2, 0.25) is 0 Å². The van der Waals surface area contributed by atoms with Crippen molar-refractivity contribution in [1.29, 1.82) is 0 Å². The maximum Gasteiger partial charge on any atom is 0.302 e. The van der Waals surface area contributed by atoms with E-state index in [1.54, 1.807) is 6.92 Å². The monoisotopic (exact) mass is 584 g/mol. The van der Waals surface area contributed by atoms with Crippen LogP contribution in [-0.2, 0) is 9.53 Å². The van der Waals surface area contributed by atoms with Crippen LogP contribution in [0.25, 0.3) is 0 Å². The predicted octanol–water partition coefficient (Wildman–Crippen LogP) is 8.85. The van der Waals surface area contributed by atoms with E-state index in [0.717, 1.165) is 48.9 Å². The molecule has 0 spiro atoms. The Morgan fingerprint density at radius 2 is 1.82 bits per heavy atom. The quantitative estimate of drug-likeness (QED) is 0.183. The number of fused-ring (bicyclic) bond motifs is 5. The Bertz CT molecular complexity index is 776. The lowest BCUT2D eigenvalue weighted by molar-refractivity contribution is -0.155. The molecule has 0 saturated heterocycles. The van der Waals surface area contributed by atoms with Gasteiger partial charge in [0, 0.05) is 22.5 Å². The summed E-state index contributed by atoms with van der Waals surface area (Å²) in [5.41, 5.74) is 2.23. The smallest absolute Gasteiger partial charge is 0.302 e. The number of esters is 1. The van der Waals surface area contributed by atoms with Gasteiger partial charge in [0.15, 0.2) is 0 Å². The number of ether oxygens (including phenoxy) is 1. The molecule has 0 aromatic carbocycles. The zero-order valence-electron chi connectivity index (χ0n) is 21.8. The molecule has 0 aromatic rings. The molecule has 2 nitrogen and oxygen atoms in total. The summed E-state index contributed by atoms with van der Waals surface area (Å²) in [6, 6.07) is 0. The first kappa shape index (κ1) is 26.2. The van der Waals surface area contributed by atoms with Crippen LogP contribution in [0.3, 0.4) is 0 Å². The van der Waals surface area contributed by atoms with Gasteiger partial charge in [0.25, 0.3) is 0 Å². The number of alkyl halides is 2. The van der Waals surface area contributed by atoms with Crippen molar-refractivity contribution in [3.05, 3.63) is 11.6 Å². The molecule has 4 rings (SSSR count). The number of halogens is 2. The van der Waals surface area contributed by atoms with Crippen LogP contribution in [0, 0.1) is 40.4 Å². The SMILES string of the molecule is CC(=O)O[C@H]1CC[C@]2(C)[C@H]3CC[C@]4(C)[C@@H]([C@H](C)CCC=C(C)C)CC[C@H]4[C@@H]3C[C@@H](Br)[C@@]2(Br)C1. The molecular formula is C29H46Br2O2. The van der Waals surface area contributed by atoms with Gasteiger partial charge in [-0.3, -0.25) is 4.79 Å². The first-order chi connectivity index (χ1) is 15.4. The van der Waals surface area contributed by atoms with Crippen molar-refractivity contribution in [3.63, 3.8) is 0 Å². The van der Waals surface area contributed by atoms with E-state index in [9.17, 15) is 4.79 Å². The first-order valence-corrected chi connectivity index (χ1v) is 15.3. The van der Waals surface area contributed by atoms with Crippen LogP contribution in [0.2, 0.25) is 0 Å². The van der Waals surface area contributed by atoms with Gasteiger partial charge in [-0.25, -0.2) is 0 Å². The van der Waals surface area contributed by atoms with Crippen molar-refractivity contribution in [2.24, 2.45) is 40.4 Å². The average molecular weight is 586 g/mol. The lowest BCUT2D eigenvalue weighted by Crippen LogP contribution is -2.64. The largest absolute Gasteiger partial charge is 0.463 e. The van der Waals surface area contributed by atoms with E-state index in [4.69, 9.17) is 4.74 Å². The average Bonchev–Trinajstić information content (AvgIpc) is 3.07. The van der Waals surface area contributed by atoms with Crippen molar-refractivity contribution in [2.45, 2.75) is 121 Å². The number of allylic oxidation sites excluding steroid dienone is 2. The fraction of sp³-hybridized carbons (Fsp3) is 0.897. The van der Waals surface area contributed by atoms with Crippen molar-refractivity contribution in [2.75, 3.05) is 0 Å². The second kappa shape index (κ2) is 9.56. The summed E-state index contributed by atoms with van der Waals surface area (Å²) in [5.74, 6) is 4.04. The minimum atomic E-state index is -0.136. The summed E-state index contributed by atoms with van der Waals surface area (Å²) in [6.45, 7) is 13.8. The highest BCUT2D eigenvalue weighted by Gasteiger charge is 2.67. The van der Waals surface area contributed by atoms with Crippen molar-refractivity contribution in [3.8, 4) is 0 Å². The van der Waals surface area contributed by atoms with Crippen LogP contribution in [0.15, 0.2) is 11.6 Å². The summed E-state index contributed by atoms with van der Waals surface area (Å²) >= 11 is 8.49. The molecular weight excluding hydrogens is 540 g/mol. The van der Waals surface area contributed by atoms with E-state index in [2.05, 4.69) is 72.6 Å². The predicted molar refractivity (Wildman–Crippen MR) is 145 cm³/mol. The topological polar surface area (TPSA) is 26.3 Å². The molecule has 4 saturated carbocycles. The van der Waals surface area contributed by atoms with E-state index < -0.39 is 0 Å². The lowest BCUT2D eigenvalue weighted by atomic mass is 9.44. The summed E-state index contributed by atoms with van der Waals surface area (Å²) in [4.78, 5) is 12.1. The summed E-state index contributed by atoms with van der Waals surface area (Å²) in [6.07, 6.45) is 15.1. The zero-order chi connectivity index (χ0) is 24.2. The molecule has 4 aliphatic rings. The van der Waals surface area contributed by atoms with Crippen molar-refractivity contribution < 1.29 is 9.53 Å².